The fourth-order valence-corrected chi connectivity index (χ4v) is 2.63. The summed E-state index contributed by atoms with van der Waals surface area (Å²) in [5, 5.41) is 10.4. The molecule has 1 N–H and O–H groups in total. The van der Waals surface area contributed by atoms with E-state index in [1.54, 1.807) is 0 Å². The van der Waals surface area contributed by atoms with Crippen LogP contribution in [0.25, 0.3) is 0 Å². The van der Waals surface area contributed by atoms with Crippen LogP contribution in [0.5, 0.6) is 0 Å². The molecule has 0 aromatic rings. The van der Waals surface area contributed by atoms with Crippen molar-refractivity contribution in [2.45, 2.75) is 64.4 Å². The van der Waals surface area contributed by atoms with Crippen molar-refractivity contribution in [2.24, 2.45) is 5.92 Å². The topological polar surface area (TPSA) is 37.3 Å². The van der Waals surface area contributed by atoms with E-state index in [-0.39, 0.29) is 11.7 Å². The number of Topliss-reactive ketones (excluding diaryl/α,β-unsaturated/α-hetero) is 1. The smallest absolute Gasteiger partial charge is 0.161 e. The first-order valence-corrected chi connectivity index (χ1v) is 5.84. The van der Waals surface area contributed by atoms with Crippen molar-refractivity contribution >= 4 is 5.78 Å². The highest BCUT2D eigenvalue weighted by atomic mass is 16.3. The summed E-state index contributed by atoms with van der Waals surface area (Å²) in [4.78, 5) is 11.5. The van der Waals surface area contributed by atoms with Gasteiger partial charge in [-0.3, -0.25) is 4.79 Å². The second-order valence-corrected chi connectivity index (χ2v) is 4.57. The van der Waals surface area contributed by atoms with Gasteiger partial charge in [0.2, 0.25) is 0 Å². The molecule has 0 aliphatic heterocycles. The quantitative estimate of drug-likeness (QED) is 0.754. The van der Waals surface area contributed by atoms with E-state index in [1.165, 1.54) is 26.2 Å². The fraction of sp³-hybridized carbons (Fsp3) is 0.917. The number of hydrogen-bond donors (Lipinski definition) is 1. The van der Waals surface area contributed by atoms with Gasteiger partial charge in [-0.25, -0.2) is 0 Å². The predicted molar refractivity (Wildman–Crippen MR) is 57.1 cm³/mol. The van der Waals surface area contributed by atoms with Crippen LogP contribution in [0.3, 0.4) is 0 Å². The first-order chi connectivity index (χ1) is 6.61. The summed E-state index contributed by atoms with van der Waals surface area (Å²) in [6.07, 6.45) is 7.16. The number of carbonyl (C=O) groups is 1. The lowest BCUT2D eigenvalue weighted by molar-refractivity contribution is -0.143. The zero-order chi connectivity index (χ0) is 10.6. The Balaban J connectivity index is 2.69. The molecule has 82 valence electrons. The molecule has 0 amide bonds. The third-order valence-electron chi connectivity index (χ3n) is 3.52. The maximum Gasteiger partial charge on any atom is 0.161 e. The van der Waals surface area contributed by atoms with E-state index in [2.05, 4.69) is 0 Å². The highest BCUT2D eigenvalue weighted by Gasteiger charge is 2.40. The van der Waals surface area contributed by atoms with Crippen molar-refractivity contribution in [3.63, 3.8) is 0 Å². The Morgan fingerprint density at radius 1 is 1.36 bits per heavy atom. The van der Waals surface area contributed by atoms with Gasteiger partial charge in [0, 0.05) is 0 Å². The fourth-order valence-electron chi connectivity index (χ4n) is 2.63. The van der Waals surface area contributed by atoms with Gasteiger partial charge >= 0.3 is 0 Å². The van der Waals surface area contributed by atoms with Crippen LogP contribution >= 0.6 is 0 Å². The molecule has 1 rings (SSSR count). The van der Waals surface area contributed by atoms with Gasteiger partial charge in [-0.05, 0) is 32.1 Å². The third kappa shape index (κ3) is 2.35. The predicted octanol–water partition coefficient (Wildman–Crippen LogP) is 2.69. The van der Waals surface area contributed by atoms with Crippen molar-refractivity contribution in [3.8, 4) is 0 Å². The highest BCUT2D eigenvalue weighted by molar-refractivity contribution is 5.85. The normalized spacial score (nSPS) is 23.1. The van der Waals surface area contributed by atoms with E-state index < -0.39 is 5.60 Å². The summed E-state index contributed by atoms with van der Waals surface area (Å²) < 4.78 is 0. The van der Waals surface area contributed by atoms with Crippen LogP contribution in [0, 0.1) is 5.92 Å². The van der Waals surface area contributed by atoms with Gasteiger partial charge in [0.15, 0.2) is 5.78 Å². The van der Waals surface area contributed by atoms with Crippen LogP contribution in [-0.4, -0.2) is 16.5 Å². The van der Waals surface area contributed by atoms with E-state index in [9.17, 15) is 9.90 Å². The molecule has 0 saturated heterocycles. The summed E-state index contributed by atoms with van der Waals surface area (Å²) in [5.41, 5.74) is -1.02. The minimum absolute atomic E-state index is 0.0359. The van der Waals surface area contributed by atoms with E-state index >= 15 is 0 Å². The molecular formula is C12H22O2. The van der Waals surface area contributed by atoms with E-state index in [0.29, 0.717) is 6.42 Å². The Hall–Kier alpha value is -0.370. The van der Waals surface area contributed by atoms with Crippen LogP contribution in [0.15, 0.2) is 0 Å². The molecule has 1 saturated carbocycles. The van der Waals surface area contributed by atoms with Crippen LogP contribution in [0.1, 0.15) is 58.8 Å². The second-order valence-electron chi connectivity index (χ2n) is 4.57. The van der Waals surface area contributed by atoms with Crippen LogP contribution in [0.2, 0.25) is 0 Å². The lowest BCUT2D eigenvalue weighted by Gasteiger charge is -2.36. The zero-order valence-electron chi connectivity index (χ0n) is 9.38. The van der Waals surface area contributed by atoms with Crippen molar-refractivity contribution in [3.05, 3.63) is 0 Å². The van der Waals surface area contributed by atoms with Crippen molar-refractivity contribution in [2.75, 3.05) is 0 Å². The molecule has 0 aromatic heterocycles. The minimum atomic E-state index is -1.02. The van der Waals surface area contributed by atoms with Gasteiger partial charge in [-0.1, -0.05) is 32.6 Å². The van der Waals surface area contributed by atoms with Gasteiger partial charge in [-0.15, -0.1) is 0 Å². The summed E-state index contributed by atoms with van der Waals surface area (Å²) in [7, 11) is 0. The Morgan fingerprint density at radius 2 is 1.93 bits per heavy atom. The van der Waals surface area contributed by atoms with E-state index in [1.807, 2.05) is 6.92 Å². The van der Waals surface area contributed by atoms with Crippen LogP contribution < -0.4 is 0 Å². The van der Waals surface area contributed by atoms with Gasteiger partial charge in [0.1, 0.15) is 5.60 Å². The molecule has 0 aromatic carbocycles. The first-order valence-electron chi connectivity index (χ1n) is 5.84. The monoisotopic (exact) mass is 198 g/mol. The largest absolute Gasteiger partial charge is 0.382 e. The van der Waals surface area contributed by atoms with E-state index in [0.717, 1.165) is 19.3 Å². The number of rotatable bonds is 4. The van der Waals surface area contributed by atoms with Gasteiger partial charge < -0.3 is 5.11 Å². The summed E-state index contributed by atoms with van der Waals surface area (Å²) >= 11 is 0. The molecule has 1 aliphatic carbocycles. The molecule has 1 fully saturated rings. The molecule has 14 heavy (non-hydrogen) atoms. The number of ketones is 1. The Labute approximate surface area is 86.7 Å². The molecule has 1 unspecified atom stereocenters. The summed E-state index contributed by atoms with van der Waals surface area (Å²) in [5.74, 6) is 0.181. The third-order valence-corrected chi connectivity index (χ3v) is 3.52. The van der Waals surface area contributed by atoms with Gasteiger partial charge in [0.05, 0.1) is 0 Å². The number of aliphatic hydroxyl groups is 1. The Kier molecular flexibility index (Phi) is 4.11. The van der Waals surface area contributed by atoms with Crippen LogP contribution in [0.4, 0.5) is 0 Å². The lowest BCUT2D eigenvalue weighted by Crippen LogP contribution is -2.45. The van der Waals surface area contributed by atoms with Gasteiger partial charge in [0.25, 0.3) is 0 Å². The van der Waals surface area contributed by atoms with Crippen LogP contribution in [-0.2, 0) is 4.79 Å². The average molecular weight is 198 g/mol. The molecule has 0 heterocycles. The standard InChI is InChI=1S/C12H22O2/c1-3-9-12(14,10(2)13)11-7-5-4-6-8-11/h11,14H,3-9H2,1-2H3. The Bertz CT molecular complexity index is 194. The minimum Gasteiger partial charge on any atom is -0.382 e. The van der Waals surface area contributed by atoms with Crippen molar-refractivity contribution < 1.29 is 9.90 Å². The molecule has 0 radical (unpaired) electrons. The molecule has 0 spiro atoms. The molecule has 2 nitrogen and oxygen atoms in total. The molecule has 0 bridgehead atoms. The zero-order valence-corrected chi connectivity index (χ0v) is 9.38. The SMILES string of the molecule is CCCC(O)(C(C)=O)C1CCCCC1. The van der Waals surface area contributed by atoms with Crippen molar-refractivity contribution in [1.29, 1.82) is 0 Å². The first kappa shape index (κ1) is 11.7. The molecule has 2 heteroatoms. The van der Waals surface area contributed by atoms with Crippen molar-refractivity contribution in [1.82, 2.24) is 0 Å². The van der Waals surface area contributed by atoms with Gasteiger partial charge in [-0.2, -0.15) is 0 Å². The Morgan fingerprint density at radius 3 is 2.36 bits per heavy atom. The maximum absolute atomic E-state index is 11.5. The lowest BCUT2D eigenvalue weighted by atomic mass is 9.73. The molecule has 1 atom stereocenters. The van der Waals surface area contributed by atoms with E-state index in [4.69, 9.17) is 0 Å². The number of hydrogen-bond acceptors (Lipinski definition) is 2. The molecular weight excluding hydrogens is 176 g/mol. The number of carbonyl (C=O) groups excluding carboxylic acids is 1. The highest BCUT2D eigenvalue weighted by Crippen LogP contribution is 2.36. The average Bonchev–Trinajstić information content (AvgIpc) is 2.19. The summed E-state index contributed by atoms with van der Waals surface area (Å²) in [6.45, 7) is 3.56. The summed E-state index contributed by atoms with van der Waals surface area (Å²) in [6, 6.07) is 0. The maximum atomic E-state index is 11.5. The molecule has 1 aliphatic rings. The second kappa shape index (κ2) is 4.92.